The van der Waals surface area contributed by atoms with Gasteiger partial charge in [-0.3, -0.25) is 14.6 Å². The second kappa shape index (κ2) is 8.79. The zero-order valence-electron chi connectivity index (χ0n) is 16.6. The van der Waals surface area contributed by atoms with Gasteiger partial charge in [0.05, 0.1) is 24.1 Å². The first kappa shape index (κ1) is 19.8. The summed E-state index contributed by atoms with van der Waals surface area (Å²) in [6.45, 7) is 7.07. The molecule has 148 valence electrons. The molecule has 0 radical (unpaired) electrons. The molecule has 3 heterocycles. The van der Waals surface area contributed by atoms with Crippen LogP contribution in [0.5, 0.6) is 0 Å². The number of likely N-dealkylation sites (N-methyl/N-ethyl adjacent to an activating group) is 1. The lowest BCUT2D eigenvalue weighted by Crippen LogP contribution is -2.38. The molecule has 0 unspecified atom stereocenters. The number of nitrogens with one attached hydrogen (secondary N) is 1. The van der Waals surface area contributed by atoms with Crippen LogP contribution in [0.1, 0.15) is 28.9 Å². The van der Waals surface area contributed by atoms with Gasteiger partial charge in [0.2, 0.25) is 5.91 Å². The Bertz CT molecular complexity index is 889. The molecule has 0 fully saturated rings. The highest BCUT2D eigenvalue weighted by Crippen LogP contribution is 2.17. The maximum absolute atomic E-state index is 12.7. The molecule has 0 saturated carbocycles. The molecule has 0 saturated heterocycles. The van der Waals surface area contributed by atoms with Crippen molar-refractivity contribution in [2.45, 2.75) is 26.9 Å². The Hall–Kier alpha value is -3.00. The molecule has 3 rings (SSSR count). The summed E-state index contributed by atoms with van der Waals surface area (Å²) in [6, 6.07) is 3.60. The van der Waals surface area contributed by atoms with E-state index in [1.54, 1.807) is 29.4 Å². The van der Waals surface area contributed by atoms with Gasteiger partial charge < -0.3 is 19.7 Å². The van der Waals surface area contributed by atoms with Gasteiger partial charge in [0, 0.05) is 31.9 Å². The minimum atomic E-state index is -0.225. The van der Waals surface area contributed by atoms with Crippen molar-refractivity contribution < 1.29 is 9.59 Å². The molecule has 0 aliphatic carbocycles. The predicted molar refractivity (Wildman–Crippen MR) is 107 cm³/mol. The molecule has 1 aliphatic heterocycles. The zero-order chi connectivity index (χ0) is 20.1. The van der Waals surface area contributed by atoms with Gasteiger partial charge >= 0.3 is 0 Å². The number of amides is 2. The molecule has 1 aliphatic rings. The van der Waals surface area contributed by atoms with E-state index in [2.05, 4.69) is 27.1 Å². The fourth-order valence-electron chi connectivity index (χ4n) is 3.00. The van der Waals surface area contributed by atoms with Crippen LogP contribution in [-0.4, -0.2) is 62.8 Å². The molecule has 0 atom stereocenters. The number of carbonyl (C=O) groups is 2. The molecule has 28 heavy (non-hydrogen) atoms. The van der Waals surface area contributed by atoms with Crippen LogP contribution >= 0.6 is 0 Å². The third kappa shape index (κ3) is 4.45. The maximum Gasteiger partial charge on any atom is 0.273 e. The van der Waals surface area contributed by atoms with Crippen molar-refractivity contribution in [3.63, 3.8) is 0 Å². The van der Waals surface area contributed by atoms with Crippen LogP contribution in [-0.2, 0) is 17.9 Å². The van der Waals surface area contributed by atoms with Gasteiger partial charge in [-0.15, -0.1) is 0 Å². The first-order valence-electron chi connectivity index (χ1n) is 9.41. The van der Waals surface area contributed by atoms with Crippen molar-refractivity contribution in [3.05, 3.63) is 53.9 Å². The van der Waals surface area contributed by atoms with Crippen LogP contribution in [0.3, 0.4) is 0 Å². The summed E-state index contributed by atoms with van der Waals surface area (Å²) in [5.41, 5.74) is 1.93. The van der Waals surface area contributed by atoms with E-state index in [1.807, 2.05) is 30.7 Å². The number of pyridine rings is 1. The molecule has 8 nitrogen and oxygen atoms in total. The summed E-state index contributed by atoms with van der Waals surface area (Å²) in [6.07, 6.45) is 6.74. The number of fused-ring (bicyclic) bond motifs is 1. The molecule has 8 heteroatoms. The van der Waals surface area contributed by atoms with Crippen molar-refractivity contribution in [3.8, 4) is 0 Å². The number of hydrogen-bond acceptors (Lipinski definition) is 5. The van der Waals surface area contributed by atoms with Crippen molar-refractivity contribution >= 4 is 17.5 Å². The first-order chi connectivity index (χ1) is 13.5. The summed E-state index contributed by atoms with van der Waals surface area (Å²) < 4.78 is 1.87. The van der Waals surface area contributed by atoms with E-state index in [9.17, 15) is 9.59 Å². The van der Waals surface area contributed by atoms with E-state index in [4.69, 9.17) is 0 Å². The summed E-state index contributed by atoms with van der Waals surface area (Å²) in [5.74, 6) is 0.458. The number of imidazole rings is 1. The number of anilines is 1. The average molecular weight is 382 g/mol. The van der Waals surface area contributed by atoms with Crippen molar-refractivity contribution in [1.29, 1.82) is 0 Å². The Balaban J connectivity index is 1.65. The fraction of sp³-hybridized carbons (Fsp3) is 0.400. The SMILES string of the molecule is CCN(C)C/C=C/C(=O)N1CCn2c(C(=O)Nc3cccnc3C)cnc2C1. The normalized spacial score (nSPS) is 13.8. The Morgan fingerprint density at radius 3 is 2.89 bits per heavy atom. The van der Waals surface area contributed by atoms with E-state index in [0.717, 1.165) is 18.8 Å². The highest BCUT2D eigenvalue weighted by atomic mass is 16.2. The van der Waals surface area contributed by atoms with Crippen LogP contribution < -0.4 is 5.32 Å². The van der Waals surface area contributed by atoms with Gasteiger partial charge in [0.15, 0.2) is 0 Å². The second-order valence-electron chi connectivity index (χ2n) is 6.82. The second-order valence-corrected chi connectivity index (χ2v) is 6.82. The Kier molecular flexibility index (Phi) is 6.20. The van der Waals surface area contributed by atoms with Gasteiger partial charge in [0.1, 0.15) is 11.5 Å². The van der Waals surface area contributed by atoms with E-state index >= 15 is 0 Å². The zero-order valence-corrected chi connectivity index (χ0v) is 16.6. The minimum absolute atomic E-state index is 0.0317. The molecule has 0 aromatic carbocycles. The highest BCUT2D eigenvalue weighted by molar-refractivity contribution is 6.03. The number of rotatable bonds is 6. The Labute approximate surface area is 164 Å². The summed E-state index contributed by atoms with van der Waals surface area (Å²) in [5, 5.41) is 2.88. The summed E-state index contributed by atoms with van der Waals surface area (Å²) >= 11 is 0. The molecule has 0 bridgehead atoms. The standard InChI is InChI=1S/C20H26N6O2/c1-4-24(3)10-6-8-19(27)25-11-12-26-17(13-22-18(26)14-25)20(28)23-16-7-5-9-21-15(16)2/h5-9,13H,4,10-12,14H2,1-3H3,(H,23,28)/b8-6+. The molecule has 2 aromatic heterocycles. The number of hydrogen-bond donors (Lipinski definition) is 1. The fourth-order valence-corrected chi connectivity index (χ4v) is 3.00. The van der Waals surface area contributed by atoms with E-state index in [1.165, 1.54) is 0 Å². The number of carbonyl (C=O) groups excluding carboxylic acids is 2. The molecular weight excluding hydrogens is 356 g/mol. The van der Waals surface area contributed by atoms with Gasteiger partial charge in [-0.05, 0) is 32.6 Å². The van der Waals surface area contributed by atoms with Crippen molar-refractivity contribution in [2.75, 3.05) is 32.0 Å². The van der Waals surface area contributed by atoms with Gasteiger partial charge in [-0.25, -0.2) is 4.98 Å². The third-order valence-corrected chi connectivity index (χ3v) is 4.88. The van der Waals surface area contributed by atoms with E-state index in [-0.39, 0.29) is 11.8 Å². The van der Waals surface area contributed by atoms with Crippen LogP contribution in [0, 0.1) is 6.92 Å². The molecule has 1 N–H and O–H groups in total. The molecular formula is C20H26N6O2. The topological polar surface area (TPSA) is 83.4 Å². The van der Waals surface area contributed by atoms with Gasteiger partial charge in [0.25, 0.3) is 5.91 Å². The summed E-state index contributed by atoms with van der Waals surface area (Å²) in [7, 11) is 2.01. The average Bonchev–Trinajstić information content (AvgIpc) is 3.12. The third-order valence-electron chi connectivity index (χ3n) is 4.88. The van der Waals surface area contributed by atoms with E-state index < -0.39 is 0 Å². The molecule has 0 spiro atoms. The quantitative estimate of drug-likeness (QED) is 0.769. The van der Waals surface area contributed by atoms with Crippen molar-refractivity contribution in [1.82, 2.24) is 24.3 Å². The Morgan fingerprint density at radius 2 is 2.14 bits per heavy atom. The highest BCUT2D eigenvalue weighted by Gasteiger charge is 2.24. The Morgan fingerprint density at radius 1 is 1.32 bits per heavy atom. The lowest BCUT2D eigenvalue weighted by molar-refractivity contribution is -0.127. The van der Waals surface area contributed by atoms with Crippen LogP contribution in [0.25, 0.3) is 0 Å². The lowest BCUT2D eigenvalue weighted by atomic mass is 10.3. The molecule has 2 aromatic rings. The van der Waals surface area contributed by atoms with Gasteiger partial charge in [-0.2, -0.15) is 0 Å². The smallest absolute Gasteiger partial charge is 0.273 e. The van der Waals surface area contributed by atoms with Gasteiger partial charge in [-0.1, -0.05) is 13.0 Å². The monoisotopic (exact) mass is 382 g/mol. The largest absolute Gasteiger partial charge is 0.330 e. The van der Waals surface area contributed by atoms with Crippen LogP contribution in [0.2, 0.25) is 0 Å². The first-order valence-corrected chi connectivity index (χ1v) is 9.41. The summed E-state index contributed by atoms with van der Waals surface area (Å²) in [4.78, 5) is 37.4. The maximum atomic E-state index is 12.7. The number of aryl methyl sites for hydroxylation is 1. The van der Waals surface area contributed by atoms with Crippen molar-refractivity contribution in [2.24, 2.45) is 0 Å². The molecule has 2 amide bonds. The van der Waals surface area contributed by atoms with E-state index in [0.29, 0.717) is 36.8 Å². The lowest BCUT2D eigenvalue weighted by Gasteiger charge is -2.27. The minimum Gasteiger partial charge on any atom is -0.330 e. The number of aromatic nitrogens is 3. The number of nitrogens with zero attached hydrogens (tertiary/aromatic N) is 5. The van der Waals surface area contributed by atoms with Crippen LogP contribution in [0.4, 0.5) is 5.69 Å². The van der Waals surface area contributed by atoms with Crippen LogP contribution in [0.15, 0.2) is 36.7 Å². The predicted octanol–water partition coefficient (Wildman–Crippen LogP) is 1.69.